The van der Waals surface area contributed by atoms with Crippen molar-refractivity contribution in [3.63, 3.8) is 0 Å². The third-order valence-corrected chi connectivity index (χ3v) is 5.23. The number of aryl methyl sites for hydroxylation is 2. The Kier molecular flexibility index (Phi) is 5.10. The van der Waals surface area contributed by atoms with Crippen molar-refractivity contribution in [3.8, 4) is 0 Å². The van der Waals surface area contributed by atoms with Gasteiger partial charge in [-0.15, -0.1) is 0 Å². The summed E-state index contributed by atoms with van der Waals surface area (Å²) >= 11 is 0. The fourth-order valence-corrected chi connectivity index (χ4v) is 3.66. The zero-order valence-corrected chi connectivity index (χ0v) is 14.4. The lowest BCUT2D eigenvalue weighted by Crippen LogP contribution is -2.42. The fourth-order valence-electron chi connectivity index (χ4n) is 3.66. The van der Waals surface area contributed by atoms with E-state index in [1.807, 2.05) is 11.7 Å². The molecule has 0 radical (unpaired) electrons. The molecule has 1 atom stereocenters. The molecule has 21 heavy (non-hydrogen) atoms. The highest BCUT2D eigenvalue weighted by atomic mass is 15.3. The summed E-state index contributed by atoms with van der Waals surface area (Å²) in [7, 11) is 4.24. The van der Waals surface area contributed by atoms with Crippen LogP contribution in [0.3, 0.4) is 0 Å². The van der Waals surface area contributed by atoms with Gasteiger partial charge in [0.25, 0.3) is 0 Å². The Hall–Kier alpha value is -0.870. The van der Waals surface area contributed by atoms with Gasteiger partial charge in [0.15, 0.2) is 0 Å². The van der Waals surface area contributed by atoms with E-state index in [9.17, 15) is 0 Å². The Labute approximate surface area is 129 Å². The van der Waals surface area contributed by atoms with Crippen LogP contribution in [0, 0.1) is 5.41 Å². The summed E-state index contributed by atoms with van der Waals surface area (Å²) in [5.74, 6) is 0. The standard InChI is InChI=1S/C17H32N4/c1-6-15-14(12-20(4)19-15)16(11-18)21(5)13-7-9-17(2,3)10-8-13/h12-13,16H,6-11,18H2,1-5H3. The highest BCUT2D eigenvalue weighted by molar-refractivity contribution is 5.22. The van der Waals surface area contributed by atoms with Gasteiger partial charge in [-0.25, -0.2) is 0 Å². The maximum atomic E-state index is 6.12. The number of nitrogens with zero attached hydrogens (tertiary/aromatic N) is 3. The average Bonchev–Trinajstić information content (AvgIpc) is 2.80. The predicted octanol–water partition coefficient (Wildman–Crippen LogP) is 2.88. The monoisotopic (exact) mass is 292 g/mol. The lowest BCUT2D eigenvalue weighted by molar-refractivity contribution is 0.0963. The van der Waals surface area contributed by atoms with E-state index in [0.29, 0.717) is 24.0 Å². The molecule has 1 aromatic heterocycles. The van der Waals surface area contributed by atoms with E-state index in [-0.39, 0.29) is 0 Å². The van der Waals surface area contributed by atoms with Crippen LogP contribution < -0.4 is 5.73 Å². The van der Waals surface area contributed by atoms with Crippen LogP contribution >= 0.6 is 0 Å². The van der Waals surface area contributed by atoms with E-state index in [1.54, 1.807) is 0 Å². The second-order valence-corrected chi connectivity index (χ2v) is 7.37. The summed E-state index contributed by atoms with van der Waals surface area (Å²) in [5.41, 5.74) is 9.14. The van der Waals surface area contributed by atoms with Gasteiger partial charge in [-0.1, -0.05) is 20.8 Å². The minimum absolute atomic E-state index is 0.292. The van der Waals surface area contributed by atoms with Crippen molar-refractivity contribution in [1.82, 2.24) is 14.7 Å². The molecule has 2 rings (SSSR count). The molecular formula is C17H32N4. The largest absolute Gasteiger partial charge is 0.329 e. The first kappa shape index (κ1) is 16.5. The summed E-state index contributed by atoms with van der Waals surface area (Å²) in [6.45, 7) is 7.61. The number of rotatable bonds is 5. The number of nitrogens with two attached hydrogens (primary N) is 1. The van der Waals surface area contributed by atoms with Gasteiger partial charge in [-0.3, -0.25) is 9.58 Å². The first-order valence-corrected chi connectivity index (χ1v) is 8.32. The Morgan fingerprint density at radius 1 is 1.43 bits per heavy atom. The minimum Gasteiger partial charge on any atom is -0.329 e. The highest BCUT2D eigenvalue weighted by Gasteiger charge is 2.32. The molecule has 1 aliphatic rings. The van der Waals surface area contributed by atoms with Crippen LogP contribution in [0.1, 0.15) is 63.8 Å². The second kappa shape index (κ2) is 6.49. The Morgan fingerprint density at radius 3 is 2.57 bits per heavy atom. The first-order chi connectivity index (χ1) is 9.88. The minimum atomic E-state index is 0.292. The van der Waals surface area contributed by atoms with Gasteiger partial charge in [0, 0.05) is 31.4 Å². The van der Waals surface area contributed by atoms with Gasteiger partial charge in [0.2, 0.25) is 0 Å². The van der Waals surface area contributed by atoms with E-state index >= 15 is 0 Å². The van der Waals surface area contributed by atoms with Crippen LogP contribution in [0.5, 0.6) is 0 Å². The third kappa shape index (κ3) is 3.67. The first-order valence-electron chi connectivity index (χ1n) is 8.32. The Balaban J connectivity index is 2.13. The van der Waals surface area contributed by atoms with E-state index < -0.39 is 0 Å². The summed E-state index contributed by atoms with van der Waals surface area (Å²) in [5, 5.41) is 4.58. The molecule has 1 unspecified atom stereocenters. The molecule has 4 nitrogen and oxygen atoms in total. The van der Waals surface area contributed by atoms with Crippen molar-refractivity contribution >= 4 is 0 Å². The SMILES string of the molecule is CCc1nn(C)cc1C(CN)N(C)C1CCC(C)(C)CC1. The molecule has 2 N–H and O–H groups in total. The van der Waals surface area contributed by atoms with Crippen LogP contribution in [0.25, 0.3) is 0 Å². The summed E-state index contributed by atoms with van der Waals surface area (Å²) in [6, 6.07) is 0.941. The lowest BCUT2D eigenvalue weighted by Gasteiger charge is -2.41. The summed E-state index contributed by atoms with van der Waals surface area (Å²) in [6.07, 6.45) is 8.31. The average molecular weight is 292 g/mol. The van der Waals surface area contributed by atoms with Gasteiger partial charge in [-0.2, -0.15) is 5.10 Å². The summed E-state index contributed by atoms with van der Waals surface area (Å²) in [4.78, 5) is 2.51. The van der Waals surface area contributed by atoms with Crippen molar-refractivity contribution in [1.29, 1.82) is 0 Å². The van der Waals surface area contributed by atoms with Crippen molar-refractivity contribution in [2.24, 2.45) is 18.2 Å². The normalized spacial score (nSPS) is 20.9. The van der Waals surface area contributed by atoms with Crippen molar-refractivity contribution in [2.45, 2.75) is 65.0 Å². The van der Waals surface area contributed by atoms with E-state index in [0.717, 1.165) is 6.42 Å². The zero-order valence-electron chi connectivity index (χ0n) is 14.4. The Morgan fingerprint density at radius 2 is 2.05 bits per heavy atom. The molecule has 0 spiro atoms. The zero-order chi connectivity index (χ0) is 15.6. The Bertz CT molecular complexity index is 453. The molecule has 1 fully saturated rings. The van der Waals surface area contributed by atoms with Crippen LogP contribution in [0.2, 0.25) is 0 Å². The predicted molar refractivity (Wildman–Crippen MR) is 88.2 cm³/mol. The van der Waals surface area contributed by atoms with Crippen LogP contribution in [0.4, 0.5) is 0 Å². The van der Waals surface area contributed by atoms with Gasteiger partial charge < -0.3 is 5.73 Å². The highest BCUT2D eigenvalue weighted by Crippen LogP contribution is 2.38. The molecule has 0 amide bonds. The van der Waals surface area contributed by atoms with E-state index in [4.69, 9.17) is 5.73 Å². The van der Waals surface area contributed by atoms with E-state index in [2.05, 4.69) is 44.0 Å². The molecular weight excluding hydrogens is 260 g/mol. The second-order valence-electron chi connectivity index (χ2n) is 7.37. The van der Waals surface area contributed by atoms with Crippen molar-refractivity contribution < 1.29 is 0 Å². The lowest BCUT2D eigenvalue weighted by atomic mass is 9.75. The molecule has 1 aliphatic carbocycles. The number of aromatic nitrogens is 2. The summed E-state index contributed by atoms with van der Waals surface area (Å²) < 4.78 is 1.93. The molecule has 0 aliphatic heterocycles. The van der Waals surface area contributed by atoms with Crippen molar-refractivity contribution in [2.75, 3.05) is 13.6 Å². The quantitative estimate of drug-likeness (QED) is 0.907. The van der Waals surface area contributed by atoms with Gasteiger partial charge in [-0.05, 0) is 44.6 Å². The maximum Gasteiger partial charge on any atom is 0.0670 e. The molecule has 4 heteroatoms. The smallest absolute Gasteiger partial charge is 0.0670 e. The van der Waals surface area contributed by atoms with Crippen LogP contribution in [-0.4, -0.2) is 34.3 Å². The molecule has 1 saturated carbocycles. The van der Waals surface area contributed by atoms with Crippen LogP contribution in [0.15, 0.2) is 6.20 Å². The number of hydrogen-bond acceptors (Lipinski definition) is 3. The van der Waals surface area contributed by atoms with Gasteiger partial charge >= 0.3 is 0 Å². The van der Waals surface area contributed by atoms with Gasteiger partial charge in [0.1, 0.15) is 0 Å². The molecule has 120 valence electrons. The third-order valence-electron chi connectivity index (χ3n) is 5.23. The van der Waals surface area contributed by atoms with Crippen LogP contribution in [-0.2, 0) is 13.5 Å². The van der Waals surface area contributed by atoms with Gasteiger partial charge in [0.05, 0.1) is 11.7 Å². The topological polar surface area (TPSA) is 47.1 Å². The maximum absolute atomic E-state index is 6.12. The fraction of sp³-hybridized carbons (Fsp3) is 0.824. The molecule has 0 bridgehead atoms. The van der Waals surface area contributed by atoms with Crippen molar-refractivity contribution in [3.05, 3.63) is 17.5 Å². The number of hydrogen-bond donors (Lipinski definition) is 1. The van der Waals surface area contributed by atoms with E-state index in [1.165, 1.54) is 36.9 Å². The molecule has 1 heterocycles. The molecule has 0 aromatic carbocycles. The molecule has 1 aromatic rings. The molecule has 0 saturated heterocycles. The number of likely N-dealkylation sites (N-methyl/N-ethyl adjacent to an activating group) is 1.